The number of aliphatic hydroxyl groups is 1. The standard InChI is InChI=1S/C28H31N3O2/c32-20-26-28(23-13-11-22(12-14-23)21-8-2-1-3-9-21)25-19-30(16-6-7-17-31(25)26)27(33)18-24-10-4-5-15-29-24/h1-5,8-15,25-26,28,32H,6-7,16-20H2/t25-,26+,28+/m1/s1. The molecule has 2 aromatic carbocycles. The van der Waals surface area contributed by atoms with Crippen LogP contribution in [0.5, 0.6) is 0 Å². The quantitative estimate of drug-likeness (QED) is 0.655. The Bertz CT molecular complexity index is 1060. The summed E-state index contributed by atoms with van der Waals surface area (Å²) in [5, 5.41) is 10.2. The molecule has 5 rings (SSSR count). The molecular formula is C28H31N3O2. The van der Waals surface area contributed by atoms with Crippen LogP contribution in [0, 0.1) is 0 Å². The van der Waals surface area contributed by atoms with Gasteiger partial charge in [-0.1, -0.05) is 60.7 Å². The maximum absolute atomic E-state index is 13.1. The van der Waals surface area contributed by atoms with Gasteiger partial charge in [0.05, 0.1) is 13.0 Å². The van der Waals surface area contributed by atoms with Gasteiger partial charge in [-0.15, -0.1) is 0 Å². The fourth-order valence-corrected chi connectivity index (χ4v) is 5.46. The molecule has 33 heavy (non-hydrogen) atoms. The van der Waals surface area contributed by atoms with E-state index in [1.807, 2.05) is 29.2 Å². The first kappa shape index (κ1) is 21.8. The number of pyridine rings is 1. The molecule has 1 amide bonds. The van der Waals surface area contributed by atoms with Gasteiger partial charge in [-0.3, -0.25) is 14.7 Å². The first-order valence-corrected chi connectivity index (χ1v) is 11.9. The molecule has 2 aliphatic heterocycles. The number of fused-ring (bicyclic) bond motifs is 1. The van der Waals surface area contributed by atoms with Crippen molar-refractivity contribution in [3.8, 4) is 11.1 Å². The first-order valence-electron chi connectivity index (χ1n) is 11.9. The summed E-state index contributed by atoms with van der Waals surface area (Å²) in [6.07, 6.45) is 4.12. The Morgan fingerprint density at radius 2 is 1.64 bits per heavy atom. The van der Waals surface area contributed by atoms with E-state index in [0.29, 0.717) is 13.0 Å². The van der Waals surface area contributed by atoms with E-state index in [9.17, 15) is 9.90 Å². The van der Waals surface area contributed by atoms with Crippen molar-refractivity contribution in [1.29, 1.82) is 0 Å². The first-order chi connectivity index (χ1) is 16.2. The summed E-state index contributed by atoms with van der Waals surface area (Å²) in [4.78, 5) is 21.9. The lowest BCUT2D eigenvalue weighted by Crippen LogP contribution is -2.68. The third kappa shape index (κ3) is 4.56. The lowest BCUT2D eigenvalue weighted by atomic mass is 9.74. The molecule has 0 unspecified atom stereocenters. The van der Waals surface area contributed by atoms with E-state index in [-0.39, 0.29) is 30.5 Å². The lowest BCUT2D eigenvalue weighted by Gasteiger charge is -2.57. The molecule has 170 valence electrons. The molecule has 2 fully saturated rings. The molecule has 1 N–H and O–H groups in total. The van der Waals surface area contributed by atoms with Crippen molar-refractivity contribution in [2.75, 3.05) is 26.2 Å². The maximum Gasteiger partial charge on any atom is 0.228 e. The van der Waals surface area contributed by atoms with Crippen molar-refractivity contribution in [2.45, 2.75) is 37.3 Å². The number of amides is 1. The van der Waals surface area contributed by atoms with Gasteiger partial charge < -0.3 is 10.0 Å². The molecule has 2 aliphatic rings. The highest BCUT2D eigenvalue weighted by molar-refractivity contribution is 5.78. The van der Waals surface area contributed by atoms with Gasteiger partial charge in [0.1, 0.15) is 0 Å². The molecule has 1 aromatic heterocycles. The van der Waals surface area contributed by atoms with Gasteiger partial charge in [-0.25, -0.2) is 0 Å². The minimum atomic E-state index is 0.114. The molecule has 0 saturated carbocycles. The van der Waals surface area contributed by atoms with Gasteiger partial charge in [-0.2, -0.15) is 0 Å². The molecule has 3 atom stereocenters. The van der Waals surface area contributed by atoms with Crippen LogP contribution in [0.15, 0.2) is 79.0 Å². The van der Waals surface area contributed by atoms with Gasteiger partial charge in [0.15, 0.2) is 0 Å². The smallest absolute Gasteiger partial charge is 0.228 e. The molecule has 0 bridgehead atoms. The molecule has 3 heterocycles. The summed E-state index contributed by atoms with van der Waals surface area (Å²) < 4.78 is 0. The number of carbonyl (C=O) groups is 1. The van der Waals surface area contributed by atoms with E-state index in [1.165, 1.54) is 16.7 Å². The summed E-state index contributed by atoms with van der Waals surface area (Å²) in [6.45, 7) is 2.62. The van der Waals surface area contributed by atoms with E-state index in [4.69, 9.17) is 0 Å². The number of nitrogens with zero attached hydrogens (tertiary/aromatic N) is 3. The topological polar surface area (TPSA) is 56.7 Å². The van der Waals surface area contributed by atoms with Crippen molar-refractivity contribution < 1.29 is 9.90 Å². The Kier molecular flexibility index (Phi) is 6.51. The molecule has 0 spiro atoms. The predicted octanol–water partition coefficient (Wildman–Crippen LogP) is 3.74. The Morgan fingerprint density at radius 1 is 0.909 bits per heavy atom. The minimum Gasteiger partial charge on any atom is -0.395 e. The fraction of sp³-hybridized carbons (Fsp3) is 0.357. The Balaban J connectivity index is 1.35. The fourth-order valence-electron chi connectivity index (χ4n) is 5.46. The summed E-state index contributed by atoms with van der Waals surface area (Å²) in [6, 6.07) is 25.2. The molecule has 0 radical (unpaired) electrons. The predicted molar refractivity (Wildman–Crippen MR) is 130 cm³/mol. The average Bonchev–Trinajstić information content (AvgIpc) is 2.84. The second-order valence-corrected chi connectivity index (χ2v) is 9.11. The van der Waals surface area contributed by atoms with Gasteiger partial charge in [0.2, 0.25) is 5.91 Å². The van der Waals surface area contributed by atoms with Crippen LogP contribution >= 0.6 is 0 Å². The van der Waals surface area contributed by atoms with Crippen LogP contribution in [0.4, 0.5) is 0 Å². The van der Waals surface area contributed by atoms with Crippen molar-refractivity contribution in [2.24, 2.45) is 0 Å². The molecule has 5 heteroatoms. The van der Waals surface area contributed by atoms with Gasteiger partial charge >= 0.3 is 0 Å². The van der Waals surface area contributed by atoms with E-state index >= 15 is 0 Å². The molecular weight excluding hydrogens is 410 g/mol. The van der Waals surface area contributed by atoms with Gasteiger partial charge in [0.25, 0.3) is 0 Å². The lowest BCUT2D eigenvalue weighted by molar-refractivity contribution is -0.135. The van der Waals surface area contributed by atoms with Crippen molar-refractivity contribution in [3.05, 3.63) is 90.3 Å². The number of benzene rings is 2. The Labute approximate surface area is 195 Å². The molecule has 5 nitrogen and oxygen atoms in total. The number of hydrogen-bond donors (Lipinski definition) is 1. The molecule has 2 saturated heterocycles. The van der Waals surface area contributed by atoms with Crippen LogP contribution < -0.4 is 0 Å². The van der Waals surface area contributed by atoms with Crippen LogP contribution in [0.3, 0.4) is 0 Å². The van der Waals surface area contributed by atoms with Crippen molar-refractivity contribution >= 4 is 5.91 Å². The SMILES string of the molecule is O=C(Cc1ccccn1)N1CCCCN2[C@H](C1)[C@H](c1ccc(-c3ccccc3)cc1)[C@@H]2CO. The van der Waals surface area contributed by atoms with E-state index in [2.05, 4.69) is 58.4 Å². The zero-order valence-corrected chi connectivity index (χ0v) is 18.9. The maximum atomic E-state index is 13.1. The summed E-state index contributed by atoms with van der Waals surface area (Å²) in [5.41, 5.74) is 4.46. The largest absolute Gasteiger partial charge is 0.395 e. The summed E-state index contributed by atoms with van der Waals surface area (Å²) >= 11 is 0. The number of aliphatic hydroxyl groups excluding tert-OH is 1. The van der Waals surface area contributed by atoms with E-state index in [1.54, 1.807) is 6.20 Å². The highest BCUT2D eigenvalue weighted by Gasteiger charge is 2.49. The zero-order valence-electron chi connectivity index (χ0n) is 18.9. The van der Waals surface area contributed by atoms with Gasteiger partial charge in [-0.05, 0) is 48.2 Å². The Morgan fingerprint density at radius 3 is 2.36 bits per heavy atom. The highest BCUT2D eigenvalue weighted by atomic mass is 16.3. The number of rotatable bonds is 5. The normalized spacial score (nSPS) is 23.2. The monoisotopic (exact) mass is 441 g/mol. The van der Waals surface area contributed by atoms with Gasteiger partial charge in [0, 0.05) is 43.0 Å². The zero-order chi connectivity index (χ0) is 22.6. The molecule has 3 aromatic rings. The second-order valence-electron chi connectivity index (χ2n) is 9.11. The minimum absolute atomic E-state index is 0.114. The second kappa shape index (κ2) is 9.86. The summed E-state index contributed by atoms with van der Waals surface area (Å²) in [5.74, 6) is 0.365. The number of aromatic nitrogens is 1. The Hall–Kier alpha value is -3.02. The molecule has 0 aliphatic carbocycles. The number of hydrogen-bond acceptors (Lipinski definition) is 4. The van der Waals surface area contributed by atoms with Crippen molar-refractivity contribution in [3.63, 3.8) is 0 Å². The number of carbonyl (C=O) groups excluding carboxylic acids is 1. The van der Waals surface area contributed by atoms with E-state index < -0.39 is 0 Å². The van der Waals surface area contributed by atoms with E-state index in [0.717, 1.165) is 31.6 Å². The highest BCUT2D eigenvalue weighted by Crippen LogP contribution is 2.42. The van der Waals surface area contributed by atoms with Crippen LogP contribution in [0.25, 0.3) is 11.1 Å². The van der Waals surface area contributed by atoms with Crippen LogP contribution in [-0.2, 0) is 11.2 Å². The third-order valence-electron chi connectivity index (χ3n) is 7.18. The summed E-state index contributed by atoms with van der Waals surface area (Å²) in [7, 11) is 0. The van der Waals surface area contributed by atoms with Crippen LogP contribution in [0.2, 0.25) is 0 Å². The van der Waals surface area contributed by atoms with Crippen LogP contribution in [0.1, 0.15) is 30.0 Å². The van der Waals surface area contributed by atoms with Crippen molar-refractivity contribution in [1.82, 2.24) is 14.8 Å². The average molecular weight is 442 g/mol. The third-order valence-corrected chi connectivity index (χ3v) is 7.18. The van der Waals surface area contributed by atoms with Crippen LogP contribution in [-0.4, -0.2) is 64.1 Å².